The third-order valence-electron chi connectivity index (χ3n) is 2.15. The SMILES string of the molecule is C=C(C)C(=O)O.CCOC(N)=O.CCOC(N)=O.OCCOCCOCCOCCO. The Morgan fingerprint density at radius 1 is 0.742 bits per heavy atom. The van der Waals surface area contributed by atoms with Crippen molar-refractivity contribution in [1.29, 1.82) is 0 Å². The first-order valence-electron chi connectivity index (χ1n) is 9.28. The first-order valence-corrected chi connectivity index (χ1v) is 9.28. The molecule has 0 aliphatic heterocycles. The molecule has 0 aliphatic rings. The molecule has 2 amide bonds. The number of carboxylic acid groups (broad SMARTS) is 1. The van der Waals surface area contributed by atoms with Crippen LogP contribution in [-0.2, 0) is 28.5 Å². The highest BCUT2D eigenvalue weighted by atomic mass is 16.6. The zero-order valence-electron chi connectivity index (χ0n) is 18.5. The maximum Gasteiger partial charge on any atom is 0.404 e. The smallest absolute Gasteiger partial charge is 0.404 e. The molecule has 13 heteroatoms. The third-order valence-corrected chi connectivity index (χ3v) is 2.15. The highest BCUT2D eigenvalue weighted by Gasteiger charge is 1.91. The van der Waals surface area contributed by atoms with E-state index in [4.69, 9.17) is 29.5 Å². The molecule has 186 valence electrons. The minimum atomic E-state index is -0.935. The fourth-order valence-electron chi connectivity index (χ4n) is 0.956. The van der Waals surface area contributed by atoms with E-state index in [0.29, 0.717) is 52.9 Å². The first kappa shape index (κ1) is 36.0. The molecule has 7 N–H and O–H groups in total. The van der Waals surface area contributed by atoms with Crippen LogP contribution in [0.4, 0.5) is 9.59 Å². The Labute approximate surface area is 182 Å². The van der Waals surface area contributed by atoms with E-state index in [1.165, 1.54) is 6.92 Å². The van der Waals surface area contributed by atoms with E-state index in [2.05, 4.69) is 27.5 Å². The summed E-state index contributed by atoms with van der Waals surface area (Å²) in [5.74, 6) is -0.935. The largest absolute Gasteiger partial charge is 0.478 e. The lowest BCUT2D eigenvalue weighted by atomic mass is 10.4. The number of aliphatic hydroxyl groups is 2. The van der Waals surface area contributed by atoms with Gasteiger partial charge in [0.1, 0.15) is 0 Å². The minimum absolute atomic E-state index is 0.0413. The number of hydrogen-bond acceptors (Lipinski definition) is 10. The number of carbonyl (C=O) groups is 3. The van der Waals surface area contributed by atoms with Crippen LogP contribution in [-0.4, -0.2) is 99.5 Å². The number of ether oxygens (including phenoxy) is 5. The molecule has 0 saturated heterocycles. The van der Waals surface area contributed by atoms with Crippen LogP contribution in [0.5, 0.6) is 0 Å². The number of nitrogens with two attached hydrogens (primary N) is 2. The standard InChI is InChI=1S/C8H18O5.C4H6O2.2C3H7NO2/c9-1-3-11-5-7-13-8-6-12-4-2-10;1-3(2)4(5)6;2*1-2-6-3(4)5/h9-10H,1-8H2;1H2,2H3,(H,5,6);2*2H2,1H3,(H2,4,5). The topological polar surface area (TPSA) is 210 Å². The van der Waals surface area contributed by atoms with E-state index in [9.17, 15) is 14.4 Å². The maximum atomic E-state index is 9.60. The van der Waals surface area contributed by atoms with Crippen molar-refractivity contribution in [1.82, 2.24) is 0 Å². The van der Waals surface area contributed by atoms with Crippen molar-refractivity contribution in [2.75, 3.05) is 66.1 Å². The van der Waals surface area contributed by atoms with E-state index in [1.807, 2.05) is 0 Å². The number of aliphatic hydroxyl groups excluding tert-OH is 2. The quantitative estimate of drug-likeness (QED) is 0.181. The van der Waals surface area contributed by atoms with Gasteiger partial charge in [0, 0.05) is 5.57 Å². The molecule has 0 rings (SSSR count). The van der Waals surface area contributed by atoms with Crippen LogP contribution in [0.1, 0.15) is 20.8 Å². The molecular formula is C18H38N2O11. The molecule has 0 atom stereocenters. The summed E-state index contributed by atoms with van der Waals surface area (Å²) in [5.41, 5.74) is 9.26. The molecule has 0 unspecified atom stereocenters. The van der Waals surface area contributed by atoms with Gasteiger partial charge in [-0.05, 0) is 20.8 Å². The van der Waals surface area contributed by atoms with Crippen molar-refractivity contribution in [2.24, 2.45) is 11.5 Å². The molecule has 0 aliphatic carbocycles. The van der Waals surface area contributed by atoms with Crippen LogP contribution >= 0.6 is 0 Å². The summed E-state index contributed by atoms with van der Waals surface area (Å²) in [5, 5.41) is 24.6. The van der Waals surface area contributed by atoms with Gasteiger partial charge in [-0.15, -0.1) is 0 Å². The molecule has 0 saturated carbocycles. The fraction of sp³-hybridized carbons (Fsp3) is 0.722. The molecule has 0 radical (unpaired) electrons. The third kappa shape index (κ3) is 58.4. The Kier molecular flexibility index (Phi) is 37.4. The molecule has 31 heavy (non-hydrogen) atoms. The summed E-state index contributed by atoms with van der Waals surface area (Å²) in [6.45, 7) is 11.5. The number of primary amides is 2. The van der Waals surface area contributed by atoms with Crippen molar-refractivity contribution >= 4 is 18.2 Å². The Hall–Kier alpha value is -2.45. The van der Waals surface area contributed by atoms with Gasteiger partial charge in [-0.25, -0.2) is 14.4 Å². The number of aliphatic carboxylic acids is 1. The lowest BCUT2D eigenvalue weighted by Gasteiger charge is -2.04. The Morgan fingerprint density at radius 2 is 1.00 bits per heavy atom. The van der Waals surface area contributed by atoms with Crippen molar-refractivity contribution in [2.45, 2.75) is 20.8 Å². The molecule has 0 bridgehead atoms. The van der Waals surface area contributed by atoms with Gasteiger partial charge in [0.25, 0.3) is 0 Å². The molecule has 0 fully saturated rings. The summed E-state index contributed by atoms with van der Waals surface area (Å²) < 4.78 is 23.4. The molecule has 0 aromatic heterocycles. The maximum absolute atomic E-state index is 9.60. The van der Waals surface area contributed by atoms with Gasteiger partial charge in [-0.3, -0.25) is 0 Å². The van der Waals surface area contributed by atoms with Gasteiger partial charge in [0.15, 0.2) is 0 Å². The molecule has 0 aromatic rings. The Bertz CT molecular complexity index is 397. The Balaban J connectivity index is -0.000000171. The van der Waals surface area contributed by atoms with Crippen molar-refractivity contribution in [3.05, 3.63) is 12.2 Å². The second-order valence-electron chi connectivity index (χ2n) is 4.87. The van der Waals surface area contributed by atoms with E-state index in [-0.39, 0.29) is 18.8 Å². The first-order chi connectivity index (χ1) is 14.6. The molecular weight excluding hydrogens is 420 g/mol. The fourth-order valence-corrected chi connectivity index (χ4v) is 0.956. The van der Waals surface area contributed by atoms with Gasteiger partial charge in [-0.2, -0.15) is 0 Å². The number of amides is 2. The Morgan fingerprint density at radius 3 is 1.13 bits per heavy atom. The number of carboxylic acids is 1. The predicted molar refractivity (Wildman–Crippen MR) is 111 cm³/mol. The number of carbonyl (C=O) groups excluding carboxylic acids is 2. The van der Waals surface area contributed by atoms with Gasteiger partial charge >= 0.3 is 18.2 Å². The van der Waals surface area contributed by atoms with Crippen molar-refractivity contribution < 1.29 is 53.4 Å². The zero-order valence-corrected chi connectivity index (χ0v) is 18.5. The lowest BCUT2D eigenvalue weighted by Crippen LogP contribution is -2.11. The molecule has 13 nitrogen and oxygen atoms in total. The number of rotatable bonds is 13. The zero-order chi connectivity index (χ0) is 24.9. The minimum Gasteiger partial charge on any atom is -0.478 e. The summed E-state index contributed by atoms with van der Waals surface area (Å²) in [4.78, 5) is 28.8. The van der Waals surface area contributed by atoms with Gasteiger partial charge in [0.2, 0.25) is 0 Å². The summed E-state index contributed by atoms with van der Waals surface area (Å²) in [6, 6.07) is 0. The van der Waals surface area contributed by atoms with Crippen LogP contribution < -0.4 is 11.5 Å². The van der Waals surface area contributed by atoms with Crippen molar-refractivity contribution in [3.8, 4) is 0 Å². The molecule has 0 aromatic carbocycles. The monoisotopic (exact) mass is 458 g/mol. The van der Waals surface area contributed by atoms with E-state index < -0.39 is 18.2 Å². The molecule has 0 heterocycles. The molecule has 0 spiro atoms. The van der Waals surface area contributed by atoms with E-state index in [1.54, 1.807) is 13.8 Å². The summed E-state index contributed by atoms with van der Waals surface area (Å²) in [6.07, 6.45) is -1.42. The average molecular weight is 459 g/mol. The lowest BCUT2D eigenvalue weighted by molar-refractivity contribution is -0.132. The number of hydrogen-bond donors (Lipinski definition) is 5. The average Bonchev–Trinajstić information content (AvgIpc) is 2.68. The highest BCUT2D eigenvalue weighted by molar-refractivity contribution is 5.84. The van der Waals surface area contributed by atoms with E-state index >= 15 is 0 Å². The van der Waals surface area contributed by atoms with Crippen LogP contribution in [0.25, 0.3) is 0 Å². The van der Waals surface area contributed by atoms with Crippen LogP contribution in [0.15, 0.2) is 12.2 Å². The van der Waals surface area contributed by atoms with Crippen LogP contribution in [0.2, 0.25) is 0 Å². The summed E-state index contributed by atoms with van der Waals surface area (Å²) in [7, 11) is 0. The normalized spacial score (nSPS) is 8.81. The summed E-state index contributed by atoms with van der Waals surface area (Å²) >= 11 is 0. The van der Waals surface area contributed by atoms with Gasteiger partial charge in [-0.1, -0.05) is 6.58 Å². The van der Waals surface area contributed by atoms with Crippen LogP contribution in [0.3, 0.4) is 0 Å². The highest BCUT2D eigenvalue weighted by Crippen LogP contribution is 1.81. The van der Waals surface area contributed by atoms with Crippen molar-refractivity contribution in [3.63, 3.8) is 0 Å². The van der Waals surface area contributed by atoms with Crippen LogP contribution in [0, 0.1) is 0 Å². The second kappa shape index (κ2) is 32.2. The van der Waals surface area contributed by atoms with Gasteiger partial charge in [0.05, 0.1) is 66.1 Å². The van der Waals surface area contributed by atoms with E-state index in [0.717, 1.165) is 0 Å². The predicted octanol–water partition coefficient (Wildman–Crippen LogP) is -0.129. The van der Waals surface area contributed by atoms with Gasteiger partial charge < -0.3 is 50.5 Å². The second-order valence-corrected chi connectivity index (χ2v) is 4.87.